The molecule has 1 amide bonds. The van der Waals surface area contributed by atoms with Gasteiger partial charge in [0.1, 0.15) is 5.76 Å². The first-order valence-corrected chi connectivity index (χ1v) is 9.28. The molecule has 5 nitrogen and oxygen atoms in total. The molecule has 28 heavy (non-hydrogen) atoms. The van der Waals surface area contributed by atoms with Crippen LogP contribution in [0, 0.1) is 6.92 Å². The van der Waals surface area contributed by atoms with Gasteiger partial charge in [-0.15, -0.1) is 12.4 Å². The van der Waals surface area contributed by atoms with Gasteiger partial charge in [0.15, 0.2) is 11.0 Å². The summed E-state index contributed by atoms with van der Waals surface area (Å²) in [4.78, 5) is 25.6. The van der Waals surface area contributed by atoms with Crippen LogP contribution in [0.4, 0.5) is 0 Å². The number of rotatable bonds is 4. The van der Waals surface area contributed by atoms with Gasteiger partial charge < -0.3 is 15.1 Å². The highest BCUT2D eigenvalue weighted by Gasteiger charge is 2.20. The van der Waals surface area contributed by atoms with Crippen LogP contribution in [-0.2, 0) is 0 Å². The van der Waals surface area contributed by atoms with Crippen molar-refractivity contribution in [2.45, 2.75) is 25.8 Å². The van der Waals surface area contributed by atoms with Crippen molar-refractivity contribution in [3.8, 4) is 11.3 Å². The second-order valence-corrected chi connectivity index (χ2v) is 6.94. The molecule has 1 aliphatic rings. The fraction of sp³-hybridized carbons (Fsp3) is 0.273. The molecular formula is C22H23ClN2O3. The minimum Gasteiger partial charge on any atom is -0.455 e. The smallest absolute Gasteiger partial charge is 0.255 e. The lowest BCUT2D eigenvalue weighted by Gasteiger charge is -2.13. The zero-order valence-corrected chi connectivity index (χ0v) is 16.5. The molecule has 1 unspecified atom stereocenters. The molecule has 1 aliphatic heterocycles. The van der Waals surface area contributed by atoms with Crippen molar-refractivity contribution < 1.29 is 9.21 Å². The third-order valence-corrected chi connectivity index (χ3v) is 5.10. The summed E-state index contributed by atoms with van der Waals surface area (Å²) in [7, 11) is 0. The van der Waals surface area contributed by atoms with Crippen LogP contribution in [0.15, 0.2) is 57.7 Å². The summed E-state index contributed by atoms with van der Waals surface area (Å²) in [6.45, 7) is 3.31. The highest BCUT2D eigenvalue weighted by molar-refractivity contribution is 6.05. The molecule has 3 aromatic rings. The standard InChI is InChI=1S/C22H22N2O3.ClH/c1-14-19(25)17-10-5-11-18(22(26)24-13-16-9-6-12-23-16)21(17)27-20(14)15-7-3-2-4-8-15;/h2-5,7-8,10-11,16,23H,6,9,12-13H2,1H3,(H,24,26);1H. The number of carbonyl (C=O) groups is 1. The van der Waals surface area contributed by atoms with Crippen LogP contribution >= 0.6 is 12.4 Å². The molecule has 2 aromatic carbocycles. The molecule has 1 atom stereocenters. The molecule has 0 bridgehead atoms. The van der Waals surface area contributed by atoms with Crippen LogP contribution < -0.4 is 16.1 Å². The summed E-state index contributed by atoms with van der Waals surface area (Å²) in [6, 6.07) is 14.9. The second-order valence-electron chi connectivity index (χ2n) is 6.94. The van der Waals surface area contributed by atoms with Crippen LogP contribution in [0.1, 0.15) is 28.8 Å². The lowest BCUT2D eigenvalue weighted by molar-refractivity contribution is 0.0951. The third kappa shape index (κ3) is 3.81. The van der Waals surface area contributed by atoms with Gasteiger partial charge in [0.05, 0.1) is 10.9 Å². The van der Waals surface area contributed by atoms with E-state index in [-0.39, 0.29) is 23.7 Å². The Morgan fingerprint density at radius 2 is 1.96 bits per heavy atom. The topological polar surface area (TPSA) is 71.3 Å². The lowest BCUT2D eigenvalue weighted by Crippen LogP contribution is -2.37. The summed E-state index contributed by atoms with van der Waals surface area (Å²) >= 11 is 0. The van der Waals surface area contributed by atoms with E-state index in [9.17, 15) is 9.59 Å². The van der Waals surface area contributed by atoms with Crippen molar-refractivity contribution in [1.29, 1.82) is 0 Å². The van der Waals surface area contributed by atoms with Gasteiger partial charge in [-0.25, -0.2) is 0 Å². The van der Waals surface area contributed by atoms with E-state index >= 15 is 0 Å². The summed E-state index contributed by atoms with van der Waals surface area (Å²) in [5, 5.41) is 6.75. The zero-order valence-electron chi connectivity index (χ0n) is 15.7. The van der Waals surface area contributed by atoms with Crippen molar-refractivity contribution in [3.63, 3.8) is 0 Å². The summed E-state index contributed by atoms with van der Waals surface area (Å²) in [5.41, 5.74) is 1.98. The molecule has 2 heterocycles. The monoisotopic (exact) mass is 398 g/mol. The van der Waals surface area contributed by atoms with E-state index in [1.165, 1.54) is 0 Å². The van der Waals surface area contributed by atoms with Crippen molar-refractivity contribution in [3.05, 3.63) is 69.9 Å². The van der Waals surface area contributed by atoms with Gasteiger partial charge in [-0.3, -0.25) is 9.59 Å². The number of amides is 1. The van der Waals surface area contributed by atoms with Gasteiger partial charge in [0, 0.05) is 23.7 Å². The molecule has 0 radical (unpaired) electrons. The SMILES string of the molecule is Cc1c(-c2ccccc2)oc2c(C(=O)NCC3CCCN3)cccc2c1=O.Cl. The predicted molar refractivity (Wildman–Crippen MR) is 113 cm³/mol. The maximum atomic E-state index is 12.9. The molecule has 1 aromatic heterocycles. The van der Waals surface area contributed by atoms with Crippen molar-refractivity contribution >= 4 is 29.3 Å². The Balaban J connectivity index is 0.00000225. The first kappa shape index (κ1) is 20.1. The summed E-state index contributed by atoms with van der Waals surface area (Å²) in [5.74, 6) is 0.283. The molecular weight excluding hydrogens is 376 g/mol. The van der Waals surface area contributed by atoms with E-state index in [0.29, 0.717) is 40.4 Å². The van der Waals surface area contributed by atoms with Gasteiger partial charge >= 0.3 is 0 Å². The van der Waals surface area contributed by atoms with Gasteiger partial charge in [-0.2, -0.15) is 0 Å². The first-order valence-electron chi connectivity index (χ1n) is 9.28. The third-order valence-electron chi connectivity index (χ3n) is 5.10. The van der Waals surface area contributed by atoms with Crippen LogP contribution in [0.3, 0.4) is 0 Å². The number of halogens is 1. The normalized spacial score (nSPS) is 16.0. The second kappa shape index (κ2) is 8.59. The number of hydrogen-bond acceptors (Lipinski definition) is 4. The van der Waals surface area contributed by atoms with E-state index in [1.807, 2.05) is 30.3 Å². The summed E-state index contributed by atoms with van der Waals surface area (Å²) in [6.07, 6.45) is 2.19. The average molecular weight is 399 g/mol. The predicted octanol–water partition coefficient (Wildman–Crippen LogP) is 3.67. The van der Waals surface area contributed by atoms with Gasteiger partial charge in [-0.1, -0.05) is 36.4 Å². The average Bonchev–Trinajstić information content (AvgIpc) is 3.23. The molecule has 4 rings (SSSR count). The molecule has 0 aliphatic carbocycles. The number of carbonyl (C=O) groups excluding carboxylic acids is 1. The van der Waals surface area contributed by atoms with Gasteiger partial charge in [0.25, 0.3) is 5.91 Å². The molecule has 146 valence electrons. The minimum absolute atomic E-state index is 0. The zero-order chi connectivity index (χ0) is 18.8. The van der Waals surface area contributed by atoms with Crippen LogP contribution in [0.2, 0.25) is 0 Å². The highest BCUT2D eigenvalue weighted by Crippen LogP contribution is 2.27. The van der Waals surface area contributed by atoms with Crippen molar-refractivity contribution in [2.75, 3.05) is 13.1 Å². The van der Waals surface area contributed by atoms with E-state index in [4.69, 9.17) is 4.42 Å². The largest absolute Gasteiger partial charge is 0.455 e. The number of benzene rings is 2. The van der Waals surface area contributed by atoms with Crippen LogP contribution in [0.5, 0.6) is 0 Å². The van der Waals surface area contributed by atoms with Gasteiger partial charge in [-0.05, 0) is 38.4 Å². The molecule has 0 spiro atoms. The van der Waals surface area contributed by atoms with E-state index < -0.39 is 0 Å². The number of nitrogens with one attached hydrogen (secondary N) is 2. The molecule has 1 saturated heterocycles. The number of para-hydroxylation sites is 1. The van der Waals surface area contributed by atoms with E-state index in [1.54, 1.807) is 25.1 Å². The number of hydrogen-bond donors (Lipinski definition) is 2. The summed E-state index contributed by atoms with van der Waals surface area (Å²) < 4.78 is 6.11. The maximum absolute atomic E-state index is 12.9. The first-order chi connectivity index (χ1) is 13.1. The Labute approximate surface area is 169 Å². The van der Waals surface area contributed by atoms with E-state index in [2.05, 4.69) is 10.6 Å². The van der Waals surface area contributed by atoms with Gasteiger partial charge in [0.2, 0.25) is 0 Å². The lowest BCUT2D eigenvalue weighted by atomic mass is 10.0. The molecule has 6 heteroatoms. The fourth-order valence-corrected chi connectivity index (χ4v) is 3.60. The highest BCUT2D eigenvalue weighted by atomic mass is 35.5. The van der Waals surface area contributed by atoms with Crippen molar-refractivity contribution in [2.24, 2.45) is 0 Å². The Hall–Kier alpha value is -2.63. The Morgan fingerprint density at radius 1 is 1.18 bits per heavy atom. The van der Waals surface area contributed by atoms with Crippen molar-refractivity contribution in [1.82, 2.24) is 10.6 Å². The maximum Gasteiger partial charge on any atom is 0.255 e. The molecule has 2 N–H and O–H groups in total. The quantitative estimate of drug-likeness (QED) is 0.703. The number of fused-ring (bicyclic) bond motifs is 1. The van der Waals surface area contributed by atoms with E-state index in [0.717, 1.165) is 24.9 Å². The fourth-order valence-electron chi connectivity index (χ4n) is 3.60. The van der Waals surface area contributed by atoms with Crippen LogP contribution in [-0.4, -0.2) is 25.0 Å². The minimum atomic E-state index is -0.222. The van der Waals surface area contributed by atoms with Crippen LogP contribution in [0.25, 0.3) is 22.3 Å². The Morgan fingerprint density at radius 3 is 2.68 bits per heavy atom. The Bertz CT molecular complexity index is 1040. The molecule has 1 fully saturated rings. The Kier molecular flexibility index (Phi) is 6.17. The molecule has 0 saturated carbocycles.